The Balaban J connectivity index is -0.000000498. The summed E-state index contributed by atoms with van der Waals surface area (Å²) in [6, 6.07) is 52.5. The van der Waals surface area contributed by atoms with Gasteiger partial charge in [-0.05, 0) is 101 Å². The van der Waals surface area contributed by atoms with Gasteiger partial charge in [-0.3, -0.25) is 14.4 Å². The van der Waals surface area contributed by atoms with E-state index in [0.29, 0.717) is 44.5 Å². The molecule has 6 rings (SSSR count). The quantitative estimate of drug-likeness (QED) is 0.0346. The highest BCUT2D eigenvalue weighted by Gasteiger charge is 2.21. The van der Waals surface area contributed by atoms with Gasteiger partial charge in [0.2, 0.25) is 0 Å². The molecular formula is C67H93B3BrO9. The molecule has 9 nitrogen and oxygen atoms in total. The van der Waals surface area contributed by atoms with Crippen molar-refractivity contribution >= 4 is 59.1 Å². The van der Waals surface area contributed by atoms with Crippen LogP contribution in [0.5, 0.6) is 17.2 Å². The average Bonchev–Trinajstić information content (AvgIpc) is 3.43. The van der Waals surface area contributed by atoms with Crippen molar-refractivity contribution < 1.29 is 43.5 Å². The Morgan fingerprint density at radius 3 is 0.950 bits per heavy atom. The van der Waals surface area contributed by atoms with Crippen LogP contribution in [-0.2, 0) is 23.9 Å². The van der Waals surface area contributed by atoms with E-state index in [-0.39, 0.29) is 89.4 Å². The Hall–Kier alpha value is -6.20. The minimum Gasteiger partial charge on any atom is -0.508 e. The Labute approximate surface area is 497 Å². The molecule has 0 saturated heterocycles. The van der Waals surface area contributed by atoms with Gasteiger partial charge < -0.3 is 29.2 Å². The summed E-state index contributed by atoms with van der Waals surface area (Å²) in [7, 11) is 0. The number of hydrogen-bond donors (Lipinski definition) is 2. The monoisotopic (exact) mass is 1150 g/mol. The summed E-state index contributed by atoms with van der Waals surface area (Å²) >= 11 is 3.37. The number of esters is 2. The number of alkyl halides is 1. The Kier molecular flexibility index (Phi) is 46.7. The Morgan fingerprint density at radius 1 is 0.425 bits per heavy atom. The minimum absolute atomic E-state index is 0. The van der Waals surface area contributed by atoms with Crippen molar-refractivity contribution in [2.45, 2.75) is 134 Å². The van der Waals surface area contributed by atoms with Crippen LogP contribution in [0.1, 0.15) is 167 Å². The molecule has 6 aromatic carbocycles. The van der Waals surface area contributed by atoms with Crippen molar-refractivity contribution in [2.24, 2.45) is 17.8 Å². The second-order valence-corrected chi connectivity index (χ2v) is 19.2. The first kappa shape index (κ1) is 80.3. The Morgan fingerprint density at radius 2 is 0.700 bits per heavy atom. The van der Waals surface area contributed by atoms with Gasteiger partial charge in [-0.2, -0.15) is 0 Å². The van der Waals surface area contributed by atoms with Gasteiger partial charge in [0.05, 0.1) is 45.7 Å². The van der Waals surface area contributed by atoms with E-state index >= 15 is 0 Å². The summed E-state index contributed by atoms with van der Waals surface area (Å²) in [5, 5.41) is 19.7. The van der Waals surface area contributed by atoms with Gasteiger partial charge in [0.25, 0.3) is 0 Å². The molecular weight excluding hydrogens is 1060 g/mol. The maximum atomic E-state index is 12.0. The molecule has 0 bridgehead atoms. The highest BCUT2D eigenvalue weighted by atomic mass is 79.9. The van der Waals surface area contributed by atoms with Gasteiger partial charge in [-0.15, -0.1) is 0 Å². The average molecular weight is 1150 g/mol. The van der Waals surface area contributed by atoms with E-state index in [2.05, 4.69) is 69.6 Å². The predicted molar refractivity (Wildman–Crippen MR) is 341 cm³/mol. The number of aliphatic carboxylic acids is 1. The number of phenolic OH excluding ortho intramolecular Hbond substituents is 1. The topological polar surface area (TPSA) is 129 Å². The number of carbonyl (C=O) groups is 3. The van der Waals surface area contributed by atoms with Crippen LogP contribution in [0, 0.1) is 17.8 Å². The molecule has 431 valence electrons. The van der Waals surface area contributed by atoms with E-state index in [1.165, 1.54) is 6.42 Å². The number of phenols is 1. The third-order valence-corrected chi connectivity index (χ3v) is 13.7. The number of ether oxygens (including phenoxy) is 4. The first-order valence-electron chi connectivity index (χ1n) is 26.2. The van der Waals surface area contributed by atoms with Gasteiger partial charge in [-0.1, -0.05) is 226 Å². The number of rotatable bonds is 24. The van der Waals surface area contributed by atoms with Crippen molar-refractivity contribution in [2.75, 3.05) is 31.8 Å². The first-order valence-corrected chi connectivity index (χ1v) is 27.4. The number of halogens is 1. The van der Waals surface area contributed by atoms with Gasteiger partial charge in [0.1, 0.15) is 17.2 Å². The van der Waals surface area contributed by atoms with E-state index in [9.17, 15) is 24.6 Å². The van der Waals surface area contributed by atoms with Crippen molar-refractivity contribution in [1.82, 2.24) is 0 Å². The second kappa shape index (κ2) is 46.5. The van der Waals surface area contributed by atoms with Crippen LogP contribution in [0.25, 0.3) is 0 Å². The molecule has 0 aromatic heterocycles. The van der Waals surface area contributed by atoms with Crippen LogP contribution in [0.4, 0.5) is 0 Å². The largest absolute Gasteiger partial charge is 0.508 e. The van der Waals surface area contributed by atoms with Crippen LogP contribution in [0.3, 0.4) is 0 Å². The zero-order valence-electron chi connectivity index (χ0n) is 46.7. The molecule has 9 radical (unpaired) electrons. The van der Waals surface area contributed by atoms with Crippen LogP contribution in [0.2, 0.25) is 0 Å². The fourth-order valence-corrected chi connectivity index (χ4v) is 7.87. The van der Waals surface area contributed by atoms with E-state index in [0.717, 1.165) is 75.6 Å². The summed E-state index contributed by atoms with van der Waals surface area (Å²) in [5.74, 6) is 2.44. The molecule has 0 aliphatic carbocycles. The lowest BCUT2D eigenvalue weighted by molar-refractivity contribution is -0.144. The molecule has 0 aliphatic rings. The zero-order chi connectivity index (χ0) is 54.1. The maximum absolute atomic E-state index is 12.0. The Bertz CT molecular complexity index is 2430. The maximum Gasteiger partial charge on any atom is 0.306 e. The number of hydrogen-bond acceptors (Lipinski definition) is 8. The van der Waals surface area contributed by atoms with Crippen molar-refractivity contribution in [3.8, 4) is 17.2 Å². The molecule has 13 heteroatoms. The van der Waals surface area contributed by atoms with E-state index < -0.39 is 5.97 Å². The lowest BCUT2D eigenvalue weighted by atomic mass is 9.88. The summed E-state index contributed by atoms with van der Waals surface area (Å²) in [6.07, 6.45) is 4.19. The van der Waals surface area contributed by atoms with Gasteiger partial charge in [0, 0.05) is 48.3 Å². The van der Waals surface area contributed by atoms with E-state index in [1.54, 1.807) is 19.1 Å². The SMILES string of the molecule is C.C.C.CCOC(=O)CC(c1ccccc1)c1ccc(O)cc1.CCOC(=O)CC(c1ccccc1)c1ccc(OC[C@H](C)CC)cc1.CC[C@@H](C)CBr.CC[C@@H](C)COc1ccc(C(CC(=O)O)c2ccccc2)cc1.[B].[B].[B]. The van der Waals surface area contributed by atoms with Crippen molar-refractivity contribution in [1.29, 1.82) is 0 Å². The zero-order valence-corrected chi connectivity index (χ0v) is 48.3. The summed E-state index contributed by atoms with van der Waals surface area (Å²) < 4.78 is 21.8. The minimum atomic E-state index is -0.795. The number of carboxylic acids is 1. The summed E-state index contributed by atoms with van der Waals surface area (Å²) in [4.78, 5) is 35.0. The number of carboxylic acid groups (broad SMARTS) is 1. The molecule has 2 N–H and O–H groups in total. The van der Waals surface area contributed by atoms with E-state index in [1.807, 2.05) is 146 Å². The molecule has 6 atom stereocenters. The molecule has 6 aromatic rings. The third-order valence-electron chi connectivity index (χ3n) is 12.6. The fraction of sp³-hybridized carbons (Fsp3) is 0.418. The van der Waals surface area contributed by atoms with Crippen molar-refractivity contribution in [3.63, 3.8) is 0 Å². The molecule has 80 heavy (non-hydrogen) atoms. The number of carbonyl (C=O) groups excluding carboxylic acids is 2. The van der Waals surface area contributed by atoms with Crippen molar-refractivity contribution in [3.05, 3.63) is 197 Å². The number of benzene rings is 6. The summed E-state index contributed by atoms with van der Waals surface area (Å²) in [6.45, 7) is 18.9. The molecule has 0 heterocycles. The third kappa shape index (κ3) is 31.0. The fourth-order valence-electron chi connectivity index (χ4n) is 7.41. The molecule has 0 fully saturated rings. The number of aromatic hydroxyl groups is 1. The lowest BCUT2D eigenvalue weighted by Crippen LogP contribution is -2.12. The summed E-state index contributed by atoms with van der Waals surface area (Å²) in [5.41, 5.74) is 6.27. The predicted octanol–water partition coefficient (Wildman–Crippen LogP) is 16.6. The van der Waals surface area contributed by atoms with Crippen LogP contribution < -0.4 is 9.47 Å². The highest BCUT2D eigenvalue weighted by molar-refractivity contribution is 9.09. The lowest BCUT2D eigenvalue weighted by Gasteiger charge is -2.18. The standard InChI is InChI=1S/C22H28O3.C20H24O3.C17H18O3.C5H11Br.3CH4.3B/c1-4-17(3)16-25-20-13-11-19(12-14-20)21(15-22(23)24-5-2)18-9-7-6-8-10-18;1-3-15(2)14-23-18-11-9-17(10-12-18)19(13-20(21)22)16-7-5-4-6-8-16;1-2-20-17(19)12-16(13-6-4-3-5-7-13)14-8-10-15(18)11-9-14;1-3-5(2)4-6;;;;;;/h6-14,17,21H,4-5,15-16H2,1-3H3;4-12,15,19H,3,13-14H2,1-2H3,(H,21,22);3-11,16,18H,2,12H2,1H3;5H,3-4H2,1-2H3;3*1H4;;;/t17-,21?;15-,19?;;5-;;;;;;/m11.1....../s1. The second-order valence-electron chi connectivity index (χ2n) is 18.6. The molecule has 0 spiro atoms. The smallest absolute Gasteiger partial charge is 0.306 e. The highest BCUT2D eigenvalue weighted by Crippen LogP contribution is 2.32. The molecule has 3 unspecified atom stereocenters. The van der Waals surface area contributed by atoms with Crippen LogP contribution in [-0.4, -0.2) is 85.1 Å². The normalized spacial score (nSPS) is 12.0. The van der Waals surface area contributed by atoms with Crippen LogP contribution in [0.15, 0.2) is 164 Å². The molecule has 0 aliphatic heterocycles. The van der Waals surface area contributed by atoms with E-state index in [4.69, 9.17) is 18.9 Å². The molecule has 0 saturated carbocycles. The first-order chi connectivity index (χ1) is 35.7. The van der Waals surface area contributed by atoms with Gasteiger partial charge in [0.15, 0.2) is 0 Å². The van der Waals surface area contributed by atoms with Gasteiger partial charge >= 0.3 is 17.9 Å². The van der Waals surface area contributed by atoms with Crippen LogP contribution >= 0.6 is 15.9 Å². The van der Waals surface area contributed by atoms with Gasteiger partial charge in [-0.25, -0.2) is 0 Å². The molecule has 0 amide bonds.